The van der Waals surface area contributed by atoms with Gasteiger partial charge in [-0.1, -0.05) is 11.6 Å². The second-order valence-electron chi connectivity index (χ2n) is 4.23. The number of anilines is 1. The summed E-state index contributed by atoms with van der Waals surface area (Å²) in [5.74, 6) is 0.0139. The molecule has 2 aromatic rings. The molecule has 110 valence electrons. The maximum absolute atomic E-state index is 13.7. The predicted octanol–water partition coefficient (Wildman–Crippen LogP) is 4.01. The number of nitrogens with one attached hydrogen (secondary N) is 1. The lowest BCUT2D eigenvalue weighted by Crippen LogP contribution is -2.04. The van der Waals surface area contributed by atoms with Gasteiger partial charge in [0.2, 0.25) is 0 Å². The van der Waals surface area contributed by atoms with Crippen LogP contribution >= 0.6 is 11.6 Å². The maximum Gasteiger partial charge on any atom is 0.274 e. The van der Waals surface area contributed by atoms with Crippen LogP contribution in [0.4, 0.5) is 15.8 Å². The molecule has 0 heterocycles. The van der Waals surface area contributed by atoms with Crippen molar-refractivity contribution in [1.82, 2.24) is 0 Å². The molecule has 5 nitrogen and oxygen atoms in total. The minimum Gasteiger partial charge on any atom is -0.497 e. The average Bonchev–Trinajstić information content (AvgIpc) is 2.46. The highest BCUT2D eigenvalue weighted by Gasteiger charge is 2.14. The Morgan fingerprint density at radius 2 is 2.10 bits per heavy atom. The summed E-state index contributed by atoms with van der Waals surface area (Å²) < 4.78 is 18.7. The highest BCUT2D eigenvalue weighted by Crippen LogP contribution is 2.26. The fraction of sp³-hybridized carbons (Fsp3) is 0.143. The van der Waals surface area contributed by atoms with Gasteiger partial charge >= 0.3 is 0 Å². The first-order valence-electron chi connectivity index (χ1n) is 6.01. The monoisotopic (exact) mass is 310 g/mol. The van der Waals surface area contributed by atoms with Crippen LogP contribution in [0, 0.1) is 15.9 Å². The molecule has 0 saturated heterocycles. The van der Waals surface area contributed by atoms with Crippen LogP contribution in [-0.2, 0) is 6.54 Å². The van der Waals surface area contributed by atoms with Crippen LogP contribution in [0.25, 0.3) is 0 Å². The molecule has 1 N–H and O–H groups in total. The molecule has 0 spiro atoms. The van der Waals surface area contributed by atoms with Gasteiger partial charge in [0, 0.05) is 23.7 Å². The molecule has 2 aromatic carbocycles. The first kappa shape index (κ1) is 15.1. The Hall–Kier alpha value is -2.34. The topological polar surface area (TPSA) is 64.4 Å². The van der Waals surface area contributed by atoms with Crippen molar-refractivity contribution < 1.29 is 14.1 Å². The zero-order valence-corrected chi connectivity index (χ0v) is 11.9. The number of nitro groups is 1. The lowest BCUT2D eigenvalue weighted by atomic mass is 10.1. The minimum atomic E-state index is -0.505. The number of hydrogen-bond acceptors (Lipinski definition) is 4. The first-order chi connectivity index (χ1) is 10.0. The maximum atomic E-state index is 13.7. The Morgan fingerprint density at radius 3 is 2.76 bits per heavy atom. The molecule has 0 atom stereocenters. The molecule has 7 heteroatoms. The number of methoxy groups -OCH3 is 1. The summed E-state index contributed by atoms with van der Waals surface area (Å²) >= 11 is 5.84. The fourth-order valence-corrected chi connectivity index (χ4v) is 2.03. The number of hydrogen-bond donors (Lipinski definition) is 1. The number of nitro benzene ring substituents is 1. The van der Waals surface area contributed by atoms with Crippen molar-refractivity contribution in [1.29, 1.82) is 0 Å². The SMILES string of the molecule is COc1ccc(F)c(NCc2cc(Cl)ccc2[N+](=O)[O-])c1. The quantitative estimate of drug-likeness (QED) is 0.669. The van der Waals surface area contributed by atoms with Crippen molar-refractivity contribution in [3.63, 3.8) is 0 Å². The molecular weight excluding hydrogens is 299 g/mol. The molecule has 0 bridgehead atoms. The number of halogens is 2. The van der Waals surface area contributed by atoms with Crippen molar-refractivity contribution in [2.24, 2.45) is 0 Å². The lowest BCUT2D eigenvalue weighted by molar-refractivity contribution is -0.385. The van der Waals surface area contributed by atoms with Crippen molar-refractivity contribution in [3.8, 4) is 5.75 Å². The van der Waals surface area contributed by atoms with Crippen molar-refractivity contribution in [2.45, 2.75) is 6.54 Å². The predicted molar refractivity (Wildman–Crippen MR) is 78.4 cm³/mol. The van der Waals surface area contributed by atoms with E-state index >= 15 is 0 Å². The van der Waals surface area contributed by atoms with Crippen molar-refractivity contribution >= 4 is 23.0 Å². The van der Waals surface area contributed by atoms with Crippen molar-refractivity contribution in [3.05, 3.63) is 62.9 Å². The molecule has 0 aliphatic rings. The number of ether oxygens (including phenoxy) is 1. The molecular formula is C14H12ClFN2O3. The van der Waals surface area contributed by atoms with Crippen LogP contribution in [-0.4, -0.2) is 12.0 Å². The molecule has 2 rings (SSSR count). The van der Waals surface area contributed by atoms with Crippen LogP contribution in [0.15, 0.2) is 36.4 Å². The Balaban J connectivity index is 2.24. The van der Waals surface area contributed by atoms with E-state index in [1.807, 2.05) is 0 Å². The third-order valence-electron chi connectivity index (χ3n) is 2.88. The molecule has 0 fully saturated rings. The molecule has 0 unspecified atom stereocenters. The van der Waals surface area contributed by atoms with Crippen LogP contribution in [0.5, 0.6) is 5.75 Å². The average molecular weight is 311 g/mol. The molecule has 0 aromatic heterocycles. The number of nitrogens with zero attached hydrogens (tertiary/aromatic N) is 1. The van der Waals surface area contributed by atoms with E-state index in [9.17, 15) is 14.5 Å². The highest BCUT2D eigenvalue weighted by molar-refractivity contribution is 6.30. The summed E-state index contributed by atoms with van der Waals surface area (Å²) in [4.78, 5) is 10.4. The molecule has 0 amide bonds. The van der Waals surface area contributed by atoms with Crippen LogP contribution in [0.3, 0.4) is 0 Å². The first-order valence-corrected chi connectivity index (χ1v) is 6.39. The van der Waals surface area contributed by atoms with E-state index in [-0.39, 0.29) is 17.9 Å². The third-order valence-corrected chi connectivity index (χ3v) is 3.12. The zero-order chi connectivity index (χ0) is 15.4. The van der Waals surface area contributed by atoms with Crippen LogP contribution < -0.4 is 10.1 Å². The van der Waals surface area contributed by atoms with Gasteiger partial charge in [-0.3, -0.25) is 10.1 Å². The molecule has 0 saturated carbocycles. The minimum absolute atomic E-state index is 0.0704. The Kier molecular flexibility index (Phi) is 4.59. The number of benzene rings is 2. The normalized spacial score (nSPS) is 10.2. The van der Waals surface area contributed by atoms with E-state index in [2.05, 4.69) is 5.32 Å². The second kappa shape index (κ2) is 6.41. The summed E-state index contributed by atoms with van der Waals surface area (Å²) in [6.07, 6.45) is 0. The highest BCUT2D eigenvalue weighted by atomic mass is 35.5. The summed E-state index contributed by atoms with van der Waals surface area (Å²) in [5, 5.41) is 14.1. The molecule has 0 aliphatic heterocycles. The van der Waals surface area contributed by atoms with Crippen LogP contribution in [0.2, 0.25) is 5.02 Å². The van der Waals surface area contributed by atoms with Crippen LogP contribution in [0.1, 0.15) is 5.56 Å². The Morgan fingerprint density at radius 1 is 1.33 bits per heavy atom. The molecule has 21 heavy (non-hydrogen) atoms. The van der Waals surface area contributed by atoms with Gasteiger partial charge in [0.25, 0.3) is 5.69 Å². The number of rotatable bonds is 5. The van der Waals surface area contributed by atoms with E-state index < -0.39 is 10.7 Å². The smallest absolute Gasteiger partial charge is 0.274 e. The zero-order valence-electron chi connectivity index (χ0n) is 11.1. The van der Waals surface area contributed by atoms with Gasteiger partial charge in [-0.2, -0.15) is 0 Å². The van der Waals surface area contributed by atoms with Gasteiger partial charge < -0.3 is 10.1 Å². The Bertz CT molecular complexity index is 679. The van der Waals surface area contributed by atoms with Gasteiger partial charge in [-0.05, 0) is 24.3 Å². The van der Waals surface area contributed by atoms with Gasteiger partial charge in [0.1, 0.15) is 11.6 Å². The van der Waals surface area contributed by atoms with E-state index in [0.717, 1.165) is 0 Å². The van der Waals surface area contributed by atoms with Crippen molar-refractivity contribution in [2.75, 3.05) is 12.4 Å². The summed E-state index contributed by atoms with van der Waals surface area (Å²) in [7, 11) is 1.47. The van der Waals surface area contributed by atoms with Gasteiger partial charge in [-0.15, -0.1) is 0 Å². The van der Waals surface area contributed by atoms with E-state index in [1.54, 1.807) is 0 Å². The third kappa shape index (κ3) is 3.61. The summed E-state index contributed by atoms with van der Waals surface area (Å²) in [6, 6.07) is 8.46. The second-order valence-corrected chi connectivity index (χ2v) is 4.67. The van der Waals surface area contributed by atoms with Gasteiger partial charge in [0.15, 0.2) is 0 Å². The van der Waals surface area contributed by atoms with Gasteiger partial charge in [0.05, 0.1) is 23.3 Å². The standard InChI is InChI=1S/C14H12ClFN2O3/c1-21-11-3-4-12(16)13(7-11)17-8-9-6-10(15)2-5-14(9)18(19)20/h2-7,17H,8H2,1H3. The van der Waals surface area contributed by atoms with E-state index in [0.29, 0.717) is 16.3 Å². The van der Waals surface area contributed by atoms with Gasteiger partial charge in [-0.25, -0.2) is 4.39 Å². The largest absolute Gasteiger partial charge is 0.497 e. The molecule has 0 aliphatic carbocycles. The fourth-order valence-electron chi connectivity index (χ4n) is 1.83. The summed E-state index contributed by atoms with van der Waals surface area (Å²) in [6.45, 7) is 0.0704. The van der Waals surface area contributed by atoms with E-state index in [1.165, 1.54) is 43.5 Å². The van der Waals surface area contributed by atoms with E-state index in [4.69, 9.17) is 16.3 Å². The lowest BCUT2D eigenvalue weighted by Gasteiger charge is -2.10. The summed E-state index contributed by atoms with van der Waals surface area (Å²) in [5.41, 5.74) is 0.494. The Labute approximate surface area is 125 Å². The molecule has 0 radical (unpaired) electrons.